The summed E-state index contributed by atoms with van der Waals surface area (Å²) in [6, 6.07) is 3.40. The Bertz CT molecular complexity index is 778. The highest BCUT2D eigenvalue weighted by Gasteiger charge is 2.40. The largest absolute Gasteiger partial charge is 0.490 e. The van der Waals surface area contributed by atoms with Crippen molar-refractivity contribution in [3.63, 3.8) is 0 Å². The van der Waals surface area contributed by atoms with Crippen molar-refractivity contribution in [3.8, 4) is 5.75 Å². The first-order valence-electron chi connectivity index (χ1n) is 13.4. The molecule has 3 unspecified atom stereocenters. The molecule has 2 saturated carbocycles. The van der Waals surface area contributed by atoms with Crippen LogP contribution in [0.4, 0.5) is 8.78 Å². The Hall–Kier alpha value is -1.38. The minimum absolute atomic E-state index is 0.0618. The van der Waals surface area contributed by atoms with Crippen LogP contribution in [0.3, 0.4) is 0 Å². The molecular weight excluding hydrogens is 402 g/mol. The third kappa shape index (κ3) is 5.23. The van der Waals surface area contributed by atoms with E-state index in [1.54, 1.807) is 17.7 Å². The Morgan fingerprint density at radius 1 is 0.906 bits per heavy atom. The van der Waals surface area contributed by atoms with Gasteiger partial charge in [-0.25, -0.2) is 4.39 Å². The summed E-state index contributed by atoms with van der Waals surface area (Å²) in [5, 5.41) is 0. The maximum Gasteiger partial charge on any atom is 0.200 e. The van der Waals surface area contributed by atoms with E-state index in [1.165, 1.54) is 44.9 Å². The molecule has 32 heavy (non-hydrogen) atoms. The molecule has 1 aromatic rings. The van der Waals surface area contributed by atoms with Gasteiger partial charge < -0.3 is 4.74 Å². The molecule has 0 saturated heterocycles. The van der Waals surface area contributed by atoms with E-state index in [-0.39, 0.29) is 11.7 Å². The lowest BCUT2D eigenvalue weighted by atomic mass is 9.75. The predicted octanol–water partition coefficient (Wildman–Crippen LogP) is 8.97. The van der Waals surface area contributed by atoms with Crippen LogP contribution in [-0.2, 0) is 0 Å². The van der Waals surface area contributed by atoms with Crippen LogP contribution in [0.5, 0.6) is 5.75 Å². The van der Waals surface area contributed by atoms with Crippen LogP contribution in [0.25, 0.3) is 0 Å². The molecule has 0 aliphatic heterocycles. The van der Waals surface area contributed by atoms with Crippen molar-refractivity contribution in [2.75, 3.05) is 6.61 Å². The topological polar surface area (TPSA) is 9.23 Å². The Morgan fingerprint density at radius 2 is 1.72 bits per heavy atom. The fourth-order valence-corrected chi connectivity index (χ4v) is 6.85. The van der Waals surface area contributed by atoms with Crippen LogP contribution < -0.4 is 4.74 Å². The van der Waals surface area contributed by atoms with Gasteiger partial charge in [0.1, 0.15) is 0 Å². The number of rotatable bonds is 10. The molecule has 0 N–H and O–H groups in total. The Labute approximate surface area is 194 Å². The number of halogens is 2. The lowest BCUT2D eigenvalue weighted by Gasteiger charge is -2.30. The Morgan fingerprint density at radius 3 is 2.47 bits per heavy atom. The highest BCUT2D eigenvalue weighted by Crippen LogP contribution is 2.51. The SMILES string of the molecule is CCCCOc1ccc(C2CCC(CCC3CCC4C(CCC)=CCC34)CC2)c(F)c1F. The van der Waals surface area contributed by atoms with Gasteiger partial charge in [0, 0.05) is 0 Å². The van der Waals surface area contributed by atoms with E-state index in [9.17, 15) is 8.78 Å². The third-order valence-corrected chi connectivity index (χ3v) is 8.70. The zero-order chi connectivity index (χ0) is 22.5. The highest BCUT2D eigenvalue weighted by molar-refractivity contribution is 5.33. The second-order valence-electron chi connectivity index (χ2n) is 10.7. The molecular formula is C29H42F2O. The molecule has 0 radical (unpaired) electrons. The van der Waals surface area contributed by atoms with Gasteiger partial charge in [0.15, 0.2) is 11.6 Å². The molecule has 3 aliphatic carbocycles. The van der Waals surface area contributed by atoms with Gasteiger partial charge in [-0.1, -0.05) is 50.8 Å². The maximum atomic E-state index is 14.8. The molecule has 3 atom stereocenters. The van der Waals surface area contributed by atoms with Crippen LogP contribution in [0.15, 0.2) is 23.8 Å². The Kier molecular flexibility index (Phi) is 8.29. The standard InChI is InChI=1S/C29H42F2O/c1-3-5-19-32-27-18-17-26(28(30)29(27)31)23-11-8-20(9-12-23)7-10-22-14-16-24-21(6-4-2)13-15-25(22)24/h13,17-18,20,22-25H,3-12,14-16,19H2,1-2H3. The lowest BCUT2D eigenvalue weighted by molar-refractivity contribution is 0.258. The number of hydrogen-bond donors (Lipinski definition) is 0. The van der Waals surface area contributed by atoms with Crippen molar-refractivity contribution in [2.45, 2.75) is 103 Å². The normalized spacial score (nSPS) is 29.8. The average molecular weight is 445 g/mol. The Balaban J connectivity index is 1.24. The van der Waals surface area contributed by atoms with Crippen LogP contribution >= 0.6 is 0 Å². The van der Waals surface area contributed by atoms with Crippen molar-refractivity contribution in [3.05, 3.63) is 41.0 Å². The second-order valence-corrected chi connectivity index (χ2v) is 10.7. The van der Waals surface area contributed by atoms with E-state index in [0.29, 0.717) is 12.2 Å². The molecule has 2 fully saturated rings. The second kappa shape index (κ2) is 11.2. The quantitative estimate of drug-likeness (QED) is 0.258. The molecule has 0 spiro atoms. The van der Waals surface area contributed by atoms with Gasteiger partial charge in [-0.3, -0.25) is 0 Å². The summed E-state index contributed by atoms with van der Waals surface area (Å²) in [6.07, 6.45) is 18.1. The number of fused-ring (bicyclic) bond motifs is 1. The van der Waals surface area contributed by atoms with Crippen molar-refractivity contribution < 1.29 is 13.5 Å². The molecule has 1 aromatic carbocycles. The zero-order valence-corrected chi connectivity index (χ0v) is 20.2. The van der Waals surface area contributed by atoms with Gasteiger partial charge in [0.05, 0.1) is 6.61 Å². The van der Waals surface area contributed by atoms with E-state index in [2.05, 4.69) is 19.9 Å². The molecule has 3 heteroatoms. The van der Waals surface area contributed by atoms with Gasteiger partial charge in [-0.15, -0.1) is 0 Å². The summed E-state index contributed by atoms with van der Waals surface area (Å²) in [5.74, 6) is 2.21. The molecule has 3 aliphatic rings. The molecule has 0 bridgehead atoms. The summed E-state index contributed by atoms with van der Waals surface area (Å²) < 4.78 is 34.7. The zero-order valence-electron chi connectivity index (χ0n) is 20.2. The summed E-state index contributed by atoms with van der Waals surface area (Å²) in [7, 11) is 0. The van der Waals surface area contributed by atoms with Crippen LogP contribution in [-0.4, -0.2) is 6.61 Å². The van der Waals surface area contributed by atoms with E-state index >= 15 is 0 Å². The molecule has 0 amide bonds. The first-order valence-corrected chi connectivity index (χ1v) is 13.4. The van der Waals surface area contributed by atoms with E-state index in [1.807, 2.05) is 0 Å². The molecule has 4 rings (SSSR count). The van der Waals surface area contributed by atoms with E-state index in [0.717, 1.165) is 62.2 Å². The van der Waals surface area contributed by atoms with Gasteiger partial charge in [0.25, 0.3) is 0 Å². The smallest absolute Gasteiger partial charge is 0.200 e. The van der Waals surface area contributed by atoms with Gasteiger partial charge in [-0.05, 0) is 105 Å². The molecule has 178 valence electrons. The van der Waals surface area contributed by atoms with Gasteiger partial charge in [-0.2, -0.15) is 4.39 Å². The summed E-state index contributed by atoms with van der Waals surface area (Å²) in [5.41, 5.74) is 2.32. The summed E-state index contributed by atoms with van der Waals surface area (Å²) in [6.45, 7) is 4.79. The van der Waals surface area contributed by atoms with Crippen LogP contribution in [0.2, 0.25) is 0 Å². The summed E-state index contributed by atoms with van der Waals surface area (Å²) >= 11 is 0. The van der Waals surface area contributed by atoms with Crippen molar-refractivity contribution in [2.24, 2.45) is 23.7 Å². The van der Waals surface area contributed by atoms with Gasteiger partial charge >= 0.3 is 0 Å². The number of ether oxygens (including phenoxy) is 1. The van der Waals surface area contributed by atoms with Crippen LogP contribution in [0, 0.1) is 35.3 Å². The number of benzene rings is 1. The number of hydrogen-bond acceptors (Lipinski definition) is 1. The van der Waals surface area contributed by atoms with Crippen molar-refractivity contribution in [1.29, 1.82) is 0 Å². The highest BCUT2D eigenvalue weighted by atomic mass is 19.2. The van der Waals surface area contributed by atoms with Crippen molar-refractivity contribution >= 4 is 0 Å². The van der Waals surface area contributed by atoms with E-state index in [4.69, 9.17) is 4.74 Å². The molecule has 1 nitrogen and oxygen atoms in total. The average Bonchev–Trinajstić information content (AvgIpc) is 3.39. The minimum Gasteiger partial charge on any atom is -0.490 e. The summed E-state index contributed by atoms with van der Waals surface area (Å²) in [4.78, 5) is 0. The van der Waals surface area contributed by atoms with E-state index < -0.39 is 11.6 Å². The number of allylic oxidation sites excluding steroid dienone is 2. The first kappa shape index (κ1) is 23.8. The molecule has 0 heterocycles. The fraction of sp³-hybridized carbons (Fsp3) is 0.724. The molecule has 0 aromatic heterocycles. The minimum atomic E-state index is -0.802. The lowest BCUT2D eigenvalue weighted by Crippen LogP contribution is -2.17. The third-order valence-electron chi connectivity index (χ3n) is 8.70. The van der Waals surface area contributed by atoms with Crippen LogP contribution in [0.1, 0.15) is 109 Å². The monoisotopic (exact) mass is 444 g/mol. The predicted molar refractivity (Wildman–Crippen MR) is 128 cm³/mol. The maximum absolute atomic E-state index is 14.8. The number of unbranched alkanes of at least 4 members (excludes halogenated alkanes) is 1. The van der Waals surface area contributed by atoms with Crippen molar-refractivity contribution in [1.82, 2.24) is 0 Å². The fourth-order valence-electron chi connectivity index (χ4n) is 6.85. The van der Waals surface area contributed by atoms with Gasteiger partial charge in [0.2, 0.25) is 5.82 Å². The first-order chi connectivity index (χ1) is 15.6.